The molecule has 1 aliphatic carbocycles. The quantitative estimate of drug-likeness (QED) is 0.731. The molecule has 1 unspecified atom stereocenters. The first kappa shape index (κ1) is 15.7. The summed E-state index contributed by atoms with van der Waals surface area (Å²) in [5.74, 6) is 1.81. The van der Waals surface area contributed by atoms with E-state index in [1.807, 2.05) is 23.7 Å². The van der Waals surface area contributed by atoms with Gasteiger partial charge in [-0.15, -0.1) is 0 Å². The Morgan fingerprint density at radius 1 is 1.22 bits per heavy atom. The molecule has 2 fully saturated rings. The molecule has 2 aliphatic heterocycles. The Balaban J connectivity index is 1.32. The number of hydrogen-bond donors (Lipinski definition) is 2. The van der Waals surface area contributed by atoms with Crippen molar-refractivity contribution in [1.29, 1.82) is 0 Å². The van der Waals surface area contributed by atoms with Crippen molar-refractivity contribution in [1.82, 2.24) is 20.5 Å². The molecule has 4 heterocycles. The molecular formula is C20H21N5OS. The third-order valence-electron chi connectivity index (χ3n) is 5.78. The topological polar surface area (TPSA) is 66.1 Å². The van der Waals surface area contributed by atoms with Crippen molar-refractivity contribution < 1.29 is 4.74 Å². The van der Waals surface area contributed by atoms with Crippen LogP contribution in [0.1, 0.15) is 18.5 Å². The van der Waals surface area contributed by atoms with E-state index in [-0.39, 0.29) is 0 Å². The lowest BCUT2D eigenvalue weighted by Gasteiger charge is -2.33. The van der Waals surface area contributed by atoms with Crippen LogP contribution in [0, 0.1) is 5.92 Å². The molecule has 1 aromatic carbocycles. The molecule has 0 bridgehead atoms. The number of nitrogens with zero attached hydrogens (tertiary/aromatic N) is 3. The molecule has 2 N–H and O–H groups in total. The van der Waals surface area contributed by atoms with E-state index in [0.717, 1.165) is 58.8 Å². The van der Waals surface area contributed by atoms with Gasteiger partial charge < -0.3 is 15.0 Å². The average Bonchev–Trinajstić information content (AvgIpc) is 3.24. The zero-order chi connectivity index (χ0) is 17.8. The van der Waals surface area contributed by atoms with Crippen molar-refractivity contribution in [3.8, 4) is 27.3 Å². The number of nitrogens with one attached hydrogen (secondary N) is 2. The van der Waals surface area contributed by atoms with E-state index < -0.39 is 0 Å². The van der Waals surface area contributed by atoms with Crippen molar-refractivity contribution in [3.63, 3.8) is 0 Å². The fraction of sp³-hybridized carbons (Fsp3) is 0.400. The highest BCUT2D eigenvalue weighted by molar-refractivity contribution is 7.19. The predicted octanol–water partition coefficient (Wildman–Crippen LogP) is 3.28. The van der Waals surface area contributed by atoms with Crippen molar-refractivity contribution in [2.45, 2.75) is 25.5 Å². The minimum Gasteiger partial charge on any atom is -0.487 e. The summed E-state index contributed by atoms with van der Waals surface area (Å²) >= 11 is 1.81. The molecule has 0 spiro atoms. The lowest BCUT2D eigenvalue weighted by molar-refractivity contribution is 0.298. The number of H-pyrrole nitrogens is 1. The van der Waals surface area contributed by atoms with E-state index in [2.05, 4.69) is 38.6 Å². The summed E-state index contributed by atoms with van der Waals surface area (Å²) < 4.78 is 6.04. The van der Waals surface area contributed by atoms with Crippen LogP contribution in [0.4, 0.5) is 5.13 Å². The lowest BCUT2D eigenvalue weighted by atomic mass is 10.0. The monoisotopic (exact) mass is 379 g/mol. The number of aromatic nitrogens is 3. The van der Waals surface area contributed by atoms with E-state index in [1.54, 1.807) is 0 Å². The summed E-state index contributed by atoms with van der Waals surface area (Å²) in [5, 5.41) is 11.7. The van der Waals surface area contributed by atoms with Crippen LogP contribution in [0.25, 0.3) is 21.6 Å². The van der Waals surface area contributed by atoms with E-state index in [4.69, 9.17) is 9.72 Å². The maximum atomic E-state index is 6.04. The maximum Gasteiger partial charge on any atom is 0.186 e. The van der Waals surface area contributed by atoms with Gasteiger partial charge in [-0.25, -0.2) is 4.98 Å². The Hall–Kier alpha value is -2.38. The molecular weight excluding hydrogens is 358 g/mol. The van der Waals surface area contributed by atoms with Gasteiger partial charge in [-0.1, -0.05) is 17.4 Å². The van der Waals surface area contributed by atoms with Gasteiger partial charge in [0.1, 0.15) is 12.4 Å². The van der Waals surface area contributed by atoms with Crippen LogP contribution >= 0.6 is 11.3 Å². The molecule has 1 saturated heterocycles. The highest BCUT2D eigenvalue weighted by Gasteiger charge is 2.35. The molecule has 0 amide bonds. The number of aromatic amines is 1. The molecule has 0 radical (unpaired) electrons. The SMILES string of the molecule is c1cc2c(cc1-c1cn[nH]c1)OCc1nc(N3CCNC(C4CC4)C3)sc1-2. The van der Waals surface area contributed by atoms with Crippen molar-refractivity contribution in [2.75, 3.05) is 24.5 Å². The summed E-state index contributed by atoms with van der Waals surface area (Å²) in [7, 11) is 0. The number of fused-ring (bicyclic) bond motifs is 3. The van der Waals surface area contributed by atoms with Gasteiger partial charge in [0.15, 0.2) is 5.13 Å². The fourth-order valence-electron chi connectivity index (χ4n) is 4.11. The average molecular weight is 379 g/mol. The van der Waals surface area contributed by atoms with Gasteiger partial charge in [-0.2, -0.15) is 5.10 Å². The molecule has 2 aromatic heterocycles. The van der Waals surface area contributed by atoms with Crippen LogP contribution in [0.3, 0.4) is 0 Å². The van der Waals surface area contributed by atoms with Crippen LogP contribution < -0.4 is 15.0 Å². The lowest BCUT2D eigenvalue weighted by Crippen LogP contribution is -2.51. The van der Waals surface area contributed by atoms with E-state index in [9.17, 15) is 0 Å². The zero-order valence-electron chi connectivity index (χ0n) is 14.9. The summed E-state index contributed by atoms with van der Waals surface area (Å²) in [5.41, 5.74) is 4.41. The predicted molar refractivity (Wildman–Crippen MR) is 106 cm³/mol. The van der Waals surface area contributed by atoms with Crippen LogP contribution in [-0.2, 0) is 6.61 Å². The van der Waals surface area contributed by atoms with Gasteiger partial charge in [0.25, 0.3) is 0 Å². The third-order valence-corrected chi connectivity index (χ3v) is 6.97. The first-order valence-electron chi connectivity index (χ1n) is 9.59. The molecule has 3 aromatic rings. The Bertz CT molecular complexity index is 978. The van der Waals surface area contributed by atoms with Gasteiger partial charge >= 0.3 is 0 Å². The highest BCUT2D eigenvalue weighted by Crippen LogP contribution is 2.45. The molecule has 3 aliphatic rings. The van der Waals surface area contributed by atoms with Crippen LogP contribution in [0.5, 0.6) is 5.75 Å². The number of anilines is 1. The van der Waals surface area contributed by atoms with E-state index >= 15 is 0 Å². The summed E-state index contributed by atoms with van der Waals surface area (Å²) in [6, 6.07) is 7.02. The molecule has 6 rings (SSSR count). The second-order valence-electron chi connectivity index (χ2n) is 7.60. The Morgan fingerprint density at radius 2 is 2.19 bits per heavy atom. The maximum absolute atomic E-state index is 6.04. The number of rotatable bonds is 3. The Morgan fingerprint density at radius 3 is 3.04 bits per heavy atom. The zero-order valence-corrected chi connectivity index (χ0v) is 15.8. The van der Waals surface area contributed by atoms with Gasteiger partial charge in [-0.05, 0) is 36.5 Å². The van der Waals surface area contributed by atoms with Gasteiger partial charge in [0.05, 0.1) is 16.8 Å². The summed E-state index contributed by atoms with van der Waals surface area (Å²) in [6.45, 7) is 3.70. The molecule has 1 atom stereocenters. The van der Waals surface area contributed by atoms with E-state index in [0.29, 0.717) is 12.6 Å². The number of ether oxygens (including phenoxy) is 1. The Labute approximate surface area is 161 Å². The molecule has 1 saturated carbocycles. The van der Waals surface area contributed by atoms with Gasteiger partial charge in [0, 0.05) is 43.0 Å². The number of thiazole rings is 1. The van der Waals surface area contributed by atoms with Gasteiger partial charge in [-0.3, -0.25) is 5.10 Å². The molecule has 27 heavy (non-hydrogen) atoms. The first-order chi connectivity index (χ1) is 13.3. The van der Waals surface area contributed by atoms with Crippen LogP contribution in [0.2, 0.25) is 0 Å². The fourth-order valence-corrected chi connectivity index (χ4v) is 5.25. The van der Waals surface area contributed by atoms with Crippen molar-refractivity contribution in [3.05, 3.63) is 36.3 Å². The largest absolute Gasteiger partial charge is 0.487 e. The second-order valence-corrected chi connectivity index (χ2v) is 8.58. The normalized spacial score (nSPS) is 21.5. The number of hydrogen-bond acceptors (Lipinski definition) is 6. The molecule has 7 heteroatoms. The highest BCUT2D eigenvalue weighted by atomic mass is 32.1. The standard InChI is InChI=1S/C20H21N5OS/c1-2-12(1)16-10-25(6-5-21-16)20-24-17-11-26-18-7-13(14-8-22-23-9-14)3-4-15(18)19(17)27-20/h3-4,7-9,12,16,21H,1-2,5-6,10-11H2,(H,22,23). The Kier molecular flexibility index (Phi) is 3.52. The number of benzene rings is 1. The minimum atomic E-state index is 0.547. The molecule has 138 valence electrons. The summed E-state index contributed by atoms with van der Waals surface area (Å²) in [6.07, 6.45) is 6.49. The van der Waals surface area contributed by atoms with Crippen LogP contribution in [-0.4, -0.2) is 40.9 Å². The smallest absolute Gasteiger partial charge is 0.186 e. The number of piperazine rings is 1. The summed E-state index contributed by atoms with van der Waals surface area (Å²) in [4.78, 5) is 8.65. The van der Waals surface area contributed by atoms with Gasteiger partial charge in [0.2, 0.25) is 0 Å². The first-order valence-corrected chi connectivity index (χ1v) is 10.4. The van der Waals surface area contributed by atoms with Crippen molar-refractivity contribution >= 4 is 16.5 Å². The minimum absolute atomic E-state index is 0.547. The van der Waals surface area contributed by atoms with E-state index in [1.165, 1.54) is 17.7 Å². The second kappa shape index (κ2) is 6.07. The third kappa shape index (κ3) is 2.73. The molecule has 6 nitrogen and oxygen atoms in total. The van der Waals surface area contributed by atoms with Crippen molar-refractivity contribution in [2.24, 2.45) is 5.92 Å². The van der Waals surface area contributed by atoms with Crippen LogP contribution in [0.15, 0.2) is 30.6 Å².